The van der Waals surface area contributed by atoms with Crippen molar-refractivity contribution in [2.45, 2.75) is 20.5 Å². The fraction of sp³-hybridized carbons (Fsp3) is 0.188. The lowest BCUT2D eigenvalue weighted by atomic mass is 10.0. The quantitative estimate of drug-likeness (QED) is 0.882. The lowest BCUT2D eigenvalue weighted by Gasteiger charge is -2.15. The van der Waals surface area contributed by atoms with Gasteiger partial charge in [0.2, 0.25) is 0 Å². The molecule has 2 aromatic carbocycles. The van der Waals surface area contributed by atoms with Crippen molar-refractivity contribution in [1.29, 1.82) is 0 Å². The van der Waals surface area contributed by atoms with Gasteiger partial charge in [0.05, 0.1) is 10.0 Å². The molecule has 2 rings (SSSR count). The minimum Gasteiger partial charge on any atom is -0.485 e. The predicted octanol–water partition coefficient (Wildman–Crippen LogP) is 4.48. The summed E-state index contributed by atoms with van der Waals surface area (Å²) < 4.78 is 20.2. The van der Waals surface area contributed by atoms with E-state index in [1.807, 2.05) is 30.3 Å². The number of hydrogen-bond donors (Lipinski definition) is 1. The fourth-order valence-corrected chi connectivity index (χ4v) is 2.60. The molecule has 5 heteroatoms. The van der Waals surface area contributed by atoms with Gasteiger partial charge in [0.25, 0.3) is 0 Å². The van der Waals surface area contributed by atoms with Crippen LogP contribution in [0.1, 0.15) is 27.0 Å². The van der Waals surface area contributed by atoms with Crippen LogP contribution >= 0.6 is 15.9 Å². The Morgan fingerprint density at radius 3 is 2.43 bits per heavy atom. The predicted molar refractivity (Wildman–Crippen MR) is 81.3 cm³/mol. The van der Waals surface area contributed by atoms with Gasteiger partial charge in [0, 0.05) is 5.56 Å². The van der Waals surface area contributed by atoms with E-state index in [1.54, 1.807) is 6.92 Å². The van der Waals surface area contributed by atoms with Crippen molar-refractivity contribution in [3.8, 4) is 5.75 Å². The largest absolute Gasteiger partial charge is 0.485 e. The summed E-state index contributed by atoms with van der Waals surface area (Å²) in [6, 6.07) is 9.37. The maximum atomic E-state index is 14.3. The standard InChI is InChI=1S/C16H14BrFO3/c1-9-12(16(19)20)10(2)14(18)15(13(9)17)21-8-11-6-4-3-5-7-11/h3-7H,8H2,1-2H3,(H,19,20). The Bertz CT molecular complexity index is 655. The van der Waals surface area contributed by atoms with E-state index >= 15 is 0 Å². The molecule has 0 heterocycles. The van der Waals surface area contributed by atoms with Crippen LogP contribution in [-0.4, -0.2) is 11.1 Å². The normalized spacial score (nSPS) is 10.5. The molecule has 0 aromatic heterocycles. The molecule has 0 aliphatic heterocycles. The minimum atomic E-state index is -1.15. The highest BCUT2D eigenvalue weighted by Gasteiger charge is 2.23. The molecular weight excluding hydrogens is 339 g/mol. The summed E-state index contributed by atoms with van der Waals surface area (Å²) in [5.41, 5.74) is 1.39. The van der Waals surface area contributed by atoms with Gasteiger partial charge in [-0.05, 0) is 40.9 Å². The molecule has 3 nitrogen and oxygen atoms in total. The first-order valence-corrected chi connectivity index (χ1v) is 7.11. The van der Waals surface area contributed by atoms with Gasteiger partial charge >= 0.3 is 5.97 Å². The Labute approximate surface area is 130 Å². The van der Waals surface area contributed by atoms with E-state index in [2.05, 4.69) is 15.9 Å². The highest BCUT2D eigenvalue weighted by molar-refractivity contribution is 9.10. The van der Waals surface area contributed by atoms with Crippen LogP contribution in [0.25, 0.3) is 0 Å². The maximum absolute atomic E-state index is 14.3. The van der Waals surface area contributed by atoms with Crippen LogP contribution in [0.15, 0.2) is 34.8 Å². The Kier molecular flexibility index (Phi) is 4.63. The monoisotopic (exact) mass is 352 g/mol. The number of ether oxygens (including phenoxy) is 1. The van der Waals surface area contributed by atoms with Crippen molar-refractivity contribution in [2.24, 2.45) is 0 Å². The molecule has 0 saturated heterocycles. The summed E-state index contributed by atoms with van der Waals surface area (Å²) in [5, 5.41) is 9.17. The van der Waals surface area contributed by atoms with Gasteiger partial charge in [-0.3, -0.25) is 0 Å². The minimum absolute atomic E-state index is 0.0357. The molecule has 2 aromatic rings. The van der Waals surface area contributed by atoms with Gasteiger partial charge in [0.1, 0.15) is 6.61 Å². The van der Waals surface area contributed by atoms with E-state index in [4.69, 9.17) is 9.84 Å². The van der Waals surface area contributed by atoms with Crippen LogP contribution in [0, 0.1) is 19.7 Å². The maximum Gasteiger partial charge on any atom is 0.336 e. The third-order valence-electron chi connectivity index (χ3n) is 3.25. The zero-order valence-electron chi connectivity index (χ0n) is 11.6. The van der Waals surface area contributed by atoms with Crippen LogP contribution in [0.3, 0.4) is 0 Å². The molecule has 0 aliphatic rings. The Morgan fingerprint density at radius 1 is 1.24 bits per heavy atom. The van der Waals surface area contributed by atoms with E-state index in [0.29, 0.717) is 10.0 Å². The average molecular weight is 353 g/mol. The Hall–Kier alpha value is -1.88. The molecule has 0 spiro atoms. The van der Waals surface area contributed by atoms with Crippen LogP contribution in [-0.2, 0) is 6.61 Å². The second kappa shape index (κ2) is 6.26. The lowest BCUT2D eigenvalue weighted by Crippen LogP contribution is -2.09. The number of benzene rings is 2. The summed E-state index contributed by atoms with van der Waals surface area (Å²) in [5.74, 6) is -1.76. The number of halogens is 2. The molecule has 0 atom stereocenters. The van der Waals surface area contributed by atoms with Crippen molar-refractivity contribution in [3.05, 3.63) is 62.9 Å². The third-order valence-corrected chi connectivity index (χ3v) is 4.20. The van der Waals surface area contributed by atoms with Gasteiger partial charge < -0.3 is 9.84 Å². The van der Waals surface area contributed by atoms with Crippen molar-refractivity contribution in [3.63, 3.8) is 0 Å². The summed E-state index contributed by atoms with van der Waals surface area (Å²) in [7, 11) is 0. The van der Waals surface area contributed by atoms with E-state index < -0.39 is 11.8 Å². The zero-order valence-corrected chi connectivity index (χ0v) is 13.2. The highest BCUT2D eigenvalue weighted by atomic mass is 79.9. The van der Waals surface area contributed by atoms with Crippen molar-refractivity contribution in [2.75, 3.05) is 0 Å². The van der Waals surface area contributed by atoms with Crippen molar-refractivity contribution in [1.82, 2.24) is 0 Å². The zero-order chi connectivity index (χ0) is 15.6. The molecule has 0 bridgehead atoms. The summed E-state index contributed by atoms with van der Waals surface area (Å²) >= 11 is 3.23. The molecule has 1 N–H and O–H groups in total. The molecule has 0 saturated carbocycles. The number of carboxylic acid groups (broad SMARTS) is 1. The second-order valence-corrected chi connectivity index (χ2v) is 5.45. The SMILES string of the molecule is Cc1c(F)c(OCc2ccccc2)c(Br)c(C)c1C(=O)O. The van der Waals surface area contributed by atoms with Crippen molar-refractivity contribution >= 4 is 21.9 Å². The Morgan fingerprint density at radius 2 is 1.86 bits per heavy atom. The van der Waals surface area contributed by atoms with Crippen molar-refractivity contribution < 1.29 is 19.0 Å². The number of rotatable bonds is 4. The number of carbonyl (C=O) groups is 1. The van der Waals surface area contributed by atoms with E-state index in [1.165, 1.54) is 6.92 Å². The van der Waals surface area contributed by atoms with Crippen LogP contribution in [0.5, 0.6) is 5.75 Å². The van der Waals surface area contributed by atoms with Crippen LogP contribution in [0.2, 0.25) is 0 Å². The fourth-order valence-electron chi connectivity index (χ4n) is 2.11. The third kappa shape index (κ3) is 3.08. The first kappa shape index (κ1) is 15.5. The van der Waals surface area contributed by atoms with Gasteiger partial charge in [-0.2, -0.15) is 0 Å². The summed E-state index contributed by atoms with van der Waals surface area (Å²) in [6.07, 6.45) is 0. The number of hydrogen-bond acceptors (Lipinski definition) is 2. The molecule has 0 unspecified atom stereocenters. The van der Waals surface area contributed by atoms with Gasteiger partial charge in [-0.1, -0.05) is 30.3 Å². The highest BCUT2D eigenvalue weighted by Crippen LogP contribution is 2.37. The van der Waals surface area contributed by atoms with Crippen LogP contribution < -0.4 is 4.74 Å². The lowest BCUT2D eigenvalue weighted by molar-refractivity contribution is 0.0694. The molecule has 110 valence electrons. The smallest absolute Gasteiger partial charge is 0.336 e. The molecular formula is C16H14BrFO3. The topological polar surface area (TPSA) is 46.5 Å². The Balaban J connectivity index is 2.39. The molecule has 0 radical (unpaired) electrons. The summed E-state index contributed by atoms with van der Waals surface area (Å²) in [6.45, 7) is 3.27. The number of aromatic carboxylic acids is 1. The first-order valence-electron chi connectivity index (χ1n) is 6.31. The second-order valence-electron chi connectivity index (χ2n) is 4.66. The number of carboxylic acids is 1. The van der Waals surface area contributed by atoms with Gasteiger partial charge in [0.15, 0.2) is 11.6 Å². The van der Waals surface area contributed by atoms with E-state index in [-0.39, 0.29) is 23.5 Å². The van der Waals surface area contributed by atoms with Gasteiger partial charge in [-0.25, -0.2) is 9.18 Å². The molecule has 0 fully saturated rings. The van der Waals surface area contributed by atoms with Gasteiger partial charge in [-0.15, -0.1) is 0 Å². The molecule has 0 aliphatic carbocycles. The van der Waals surface area contributed by atoms with Crippen LogP contribution in [0.4, 0.5) is 4.39 Å². The molecule has 21 heavy (non-hydrogen) atoms. The van der Waals surface area contributed by atoms with E-state index in [9.17, 15) is 9.18 Å². The van der Waals surface area contributed by atoms with E-state index in [0.717, 1.165) is 5.56 Å². The first-order chi connectivity index (χ1) is 9.93. The summed E-state index contributed by atoms with van der Waals surface area (Å²) in [4.78, 5) is 11.2. The average Bonchev–Trinajstić information content (AvgIpc) is 2.46. The molecule has 0 amide bonds.